The molecule has 6 nitrogen and oxygen atoms in total. The summed E-state index contributed by atoms with van der Waals surface area (Å²) in [5.74, 6) is -0.886. The number of carbonyl (C=O) groups excluding carboxylic acids is 3. The summed E-state index contributed by atoms with van der Waals surface area (Å²) >= 11 is 0. The second kappa shape index (κ2) is 61.4. The first-order valence-corrected chi connectivity index (χ1v) is 31.4. The van der Waals surface area contributed by atoms with Crippen molar-refractivity contribution in [3.05, 3.63) is 72.9 Å². The van der Waals surface area contributed by atoms with E-state index in [1.54, 1.807) is 0 Å². The van der Waals surface area contributed by atoms with Gasteiger partial charge in [0.25, 0.3) is 0 Å². The molecule has 0 amide bonds. The molecule has 1 unspecified atom stereocenters. The van der Waals surface area contributed by atoms with Crippen molar-refractivity contribution >= 4 is 17.9 Å². The third-order valence-corrected chi connectivity index (χ3v) is 13.7. The summed E-state index contributed by atoms with van der Waals surface area (Å²) in [5.41, 5.74) is 0. The van der Waals surface area contributed by atoms with E-state index in [0.717, 1.165) is 103 Å². The Labute approximate surface area is 453 Å². The Bertz CT molecular complexity index is 1360. The molecule has 0 N–H and O–H groups in total. The Morgan fingerprint density at radius 3 is 0.849 bits per heavy atom. The van der Waals surface area contributed by atoms with Crippen LogP contribution < -0.4 is 0 Å². The van der Waals surface area contributed by atoms with Crippen molar-refractivity contribution in [1.29, 1.82) is 0 Å². The zero-order valence-electron chi connectivity index (χ0n) is 48.4. The van der Waals surface area contributed by atoms with Gasteiger partial charge in [-0.25, -0.2) is 0 Å². The molecule has 0 spiro atoms. The van der Waals surface area contributed by atoms with Crippen LogP contribution in [0.2, 0.25) is 0 Å². The van der Waals surface area contributed by atoms with E-state index in [4.69, 9.17) is 14.2 Å². The molecular weight excluding hydrogens is 901 g/mol. The Morgan fingerprint density at radius 1 is 0.288 bits per heavy atom. The normalized spacial score (nSPS) is 12.5. The molecule has 0 saturated heterocycles. The van der Waals surface area contributed by atoms with Crippen LogP contribution in [0, 0.1) is 0 Å². The highest BCUT2D eigenvalue weighted by Gasteiger charge is 2.19. The number of allylic oxidation sites excluding steroid dienone is 12. The largest absolute Gasteiger partial charge is 0.462 e. The molecule has 0 aliphatic heterocycles. The van der Waals surface area contributed by atoms with Crippen molar-refractivity contribution in [3.8, 4) is 0 Å². The van der Waals surface area contributed by atoms with Crippen molar-refractivity contribution in [1.82, 2.24) is 0 Å². The van der Waals surface area contributed by atoms with Crippen LogP contribution in [0.15, 0.2) is 72.9 Å². The van der Waals surface area contributed by atoms with E-state index in [9.17, 15) is 14.4 Å². The first-order valence-electron chi connectivity index (χ1n) is 31.4. The molecule has 0 bridgehead atoms. The van der Waals surface area contributed by atoms with Crippen molar-refractivity contribution in [2.75, 3.05) is 13.2 Å². The van der Waals surface area contributed by atoms with Gasteiger partial charge in [-0.3, -0.25) is 14.4 Å². The topological polar surface area (TPSA) is 78.9 Å². The Morgan fingerprint density at radius 2 is 0.534 bits per heavy atom. The number of hydrogen-bond donors (Lipinski definition) is 0. The van der Waals surface area contributed by atoms with Gasteiger partial charge in [0.15, 0.2) is 6.10 Å². The molecule has 0 heterocycles. The van der Waals surface area contributed by atoms with Gasteiger partial charge in [-0.05, 0) is 109 Å². The molecule has 0 rings (SSSR count). The zero-order chi connectivity index (χ0) is 52.9. The number of unbranched alkanes of at least 4 members (excludes halogenated alkanes) is 34. The van der Waals surface area contributed by atoms with Gasteiger partial charge in [-0.2, -0.15) is 0 Å². The molecule has 0 aliphatic carbocycles. The van der Waals surface area contributed by atoms with Crippen LogP contribution in [0.25, 0.3) is 0 Å². The summed E-state index contributed by atoms with van der Waals surface area (Å²) in [6.07, 6.45) is 79.0. The van der Waals surface area contributed by atoms with Crippen molar-refractivity contribution in [3.63, 3.8) is 0 Å². The summed E-state index contributed by atoms with van der Waals surface area (Å²) in [6.45, 7) is 6.53. The fourth-order valence-corrected chi connectivity index (χ4v) is 8.95. The predicted molar refractivity (Wildman–Crippen MR) is 316 cm³/mol. The average molecular weight is 1020 g/mol. The van der Waals surface area contributed by atoms with Gasteiger partial charge in [0, 0.05) is 19.3 Å². The summed E-state index contributed by atoms with van der Waals surface area (Å²) in [7, 11) is 0. The lowest BCUT2D eigenvalue weighted by Gasteiger charge is -2.18. The molecule has 0 saturated carbocycles. The smallest absolute Gasteiger partial charge is 0.306 e. The molecule has 73 heavy (non-hydrogen) atoms. The molecule has 0 fully saturated rings. The minimum absolute atomic E-state index is 0.0804. The lowest BCUT2D eigenvalue weighted by atomic mass is 10.0. The number of ether oxygens (including phenoxy) is 3. The molecule has 0 aromatic heterocycles. The van der Waals surface area contributed by atoms with Gasteiger partial charge in [0.2, 0.25) is 0 Å². The minimum atomic E-state index is -0.784. The van der Waals surface area contributed by atoms with E-state index < -0.39 is 6.10 Å². The highest BCUT2D eigenvalue weighted by atomic mass is 16.6. The lowest BCUT2D eigenvalue weighted by Crippen LogP contribution is -2.30. The van der Waals surface area contributed by atoms with Gasteiger partial charge in [-0.1, -0.05) is 261 Å². The van der Waals surface area contributed by atoms with Crippen LogP contribution in [0.3, 0.4) is 0 Å². The first kappa shape index (κ1) is 69.8. The fraction of sp³-hybridized carbons (Fsp3) is 0.776. The zero-order valence-corrected chi connectivity index (χ0v) is 48.4. The maximum absolute atomic E-state index is 12.9. The highest BCUT2D eigenvalue weighted by Crippen LogP contribution is 2.16. The summed E-state index contributed by atoms with van der Waals surface area (Å²) in [5, 5.41) is 0. The minimum Gasteiger partial charge on any atom is -0.462 e. The monoisotopic (exact) mass is 1020 g/mol. The molecule has 0 aromatic carbocycles. The Hall–Kier alpha value is -3.15. The second-order valence-electron chi connectivity index (χ2n) is 20.9. The van der Waals surface area contributed by atoms with E-state index in [-0.39, 0.29) is 31.1 Å². The third-order valence-electron chi connectivity index (χ3n) is 13.7. The average Bonchev–Trinajstić information content (AvgIpc) is 3.39. The number of carbonyl (C=O) groups is 3. The van der Waals surface area contributed by atoms with Gasteiger partial charge in [-0.15, -0.1) is 0 Å². The molecule has 0 aromatic rings. The maximum atomic E-state index is 12.9. The summed E-state index contributed by atoms with van der Waals surface area (Å²) < 4.78 is 16.9. The van der Waals surface area contributed by atoms with Crippen molar-refractivity contribution in [2.45, 2.75) is 322 Å². The Kier molecular flexibility index (Phi) is 58.7. The van der Waals surface area contributed by atoms with E-state index >= 15 is 0 Å². The lowest BCUT2D eigenvalue weighted by molar-refractivity contribution is -0.167. The molecule has 0 aliphatic rings. The number of rotatable bonds is 57. The van der Waals surface area contributed by atoms with Crippen molar-refractivity contribution < 1.29 is 28.6 Å². The quantitative estimate of drug-likeness (QED) is 0.0261. The molecular formula is C67H118O6. The van der Waals surface area contributed by atoms with Crippen LogP contribution in [0.5, 0.6) is 0 Å². The van der Waals surface area contributed by atoms with Gasteiger partial charge < -0.3 is 14.2 Å². The van der Waals surface area contributed by atoms with Gasteiger partial charge in [0.05, 0.1) is 0 Å². The number of esters is 3. The van der Waals surface area contributed by atoms with Crippen LogP contribution in [-0.2, 0) is 28.6 Å². The number of hydrogen-bond acceptors (Lipinski definition) is 6. The standard InChI is InChI=1S/C67H118O6/c1-4-7-10-13-16-19-22-25-28-29-30-31-32-33-34-35-36-37-40-42-45-48-51-54-57-60-66(69)72-63-64(73-67(70)61-58-55-52-49-46-43-39-27-24-21-18-15-12-9-6-3)62-71-65(68)59-56-53-50-47-44-41-38-26-23-20-17-14-11-8-5-2/h7,10,16,19,25-28,30-31,38-39,64H,4-6,8-9,11-15,17-18,20-24,29,32-37,40-63H2,1-3H3/b10-7-,19-16-,28-25-,31-30-,38-26-,39-27-. The van der Waals surface area contributed by atoms with E-state index in [1.807, 2.05) is 0 Å². The fourth-order valence-electron chi connectivity index (χ4n) is 8.95. The van der Waals surface area contributed by atoms with E-state index in [1.165, 1.54) is 173 Å². The molecule has 1 atom stereocenters. The van der Waals surface area contributed by atoms with Crippen molar-refractivity contribution in [2.24, 2.45) is 0 Å². The first-order chi connectivity index (χ1) is 36.0. The summed E-state index contributed by atoms with van der Waals surface area (Å²) in [6, 6.07) is 0. The predicted octanol–water partition coefficient (Wildman–Crippen LogP) is 21.3. The highest BCUT2D eigenvalue weighted by molar-refractivity contribution is 5.71. The summed E-state index contributed by atoms with van der Waals surface area (Å²) in [4.78, 5) is 38.3. The van der Waals surface area contributed by atoms with Crippen LogP contribution in [-0.4, -0.2) is 37.2 Å². The molecule has 0 radical (unpaired) electrons. The van der Waals surface area contributed by atoms with Gasteiger partial charge in [0.1, 0.15) is 13.2 Å². The van der Waals surface area contributed by atoms with Crippen LogP contribution in [0.4, 0.5) is 0 Å². The van der Waals surface area contributed by atoms with E-state index in [2.05, 4.69) is 93.7 Å². The third kappa shape index (κ3) is 59.6. The molecule has 422 valence electrons. The van der Waals surface area contributed by atoms with Crippen LogP contribution >= 0.6 is 0 Å². The Balaban J connectivity index is 4.31. The van der Waals surface area contributed by atoms with E-state index in [0.29, 0.717) is 19.3 Å². The SMILES string of the molecule is CC/C=C\C/C=C\C/C=C\C/C=C\CCCCCCCCCCCCCCC(=O)OCC(COC(=O)CCCCCCC/C=C\CCCCCCCC)OC(=O)CCCCCCC/C=C\CCCCCCCC. The second-order valence-corrected chi connectivity index (χ2v) is 20.9. The van der Waals surface area contributed by atoms with Gasteiger partial charge >= 0.3 is 17.9 Å². The maximum Gasteiger partial charge on any atom is 0.306 e. The molecule has 6 heteroatoms. The van der Waals surface area contributed by atoms with Crippen LogP contribution in [0.1, 0.15) is 316 Å².